The molecule has 0 bridgehead atoms. The summed E-state index contributed by atoms with van der Waals surface area (Å²) in [6.45, 7) is 5.18. The van der Waals surface area contributed by atoms with Gasteiger partial charge in [0, 0.05) is 13.1 Å². The molecule has 0 spiro atoms. The van der Waals surface area contributed by atoms with E-state index in [1.54, 1.807) is 12.1 Å². The Bertz CT molecular complexity index is 460. The van der Waals surface area contributed by atoms with Gasteiger partial charge < -0.3 is 10.6 Å². The van der Waals surface area contributed by atoms with Gasteiger partial charge in [0.15, 0.2) is 0 Å². The van der Waals surface area contributed by atoms with Gasteiger partial charge in [-0.1, -0.05) is 26.0 Å². The van der Waals surface area contributed by atoms with E-state index in [-0.39, 0.29) is 30.0 Å². The number of amides is 1. The largest absolute Gasteiger partial charge is 0.337 e. The Balaban J connectivity index is 0.00000220. The molecule has 2 rings (SSSR count). The van der Waals surface area contributed by atoms with Crippen molar-refractivity contribution in [2.24, 2.45) is 17.6 Å². The van der Waals surface area contributed by atoms with Crippen LogP contribution in [0.25, 0.3) is 0 Å². The van der Waals surface area contributed by atoms with Gasteiger partial charge in [-0.2, -0.15) is 0 Å². The molecule has 21 heavy (non-hydrogen) atoms. The average Bonchev–Trinajstić information content (AvgIpc) is 3.22. The first-order valence-electron chi connectivity index (χ1n) is 7.26. The maximum absolute atomic E-state index is 12.9. The third-order valence-corrected chi connectivity index (χ3v) is 3.78. The molecular weight excluding hydrogens is 291 g/mol. The molecule has 1 aliphatic carbocycles. The SMILES string of the molecule is CC(C)[C@H](N)C(=O)N(Cc1ccc(F)cc1)CC1CC1.Cl. The van der Waals surface area contributed by atoms with Crippen LogP contribution < -0.4 is 5.73 Å². The zero-order valence-corrected chi connectivity index (χ0v) is 13.4. The smallest absolute Gasteiger partial charge is 0.240 e. The minimum absolute atomic E-state index is 0. The van der Waals surface area contributed by atoms with E-state index in [0.717, 1.165) is 12.1 Å². The Morgan fingerprint density at radius 1 is 1.33 bits per heavy atom. The van der Waals surface area contributed by atoms with Crippen LogP contribution >= 0.6 is 12.4 Å². The van der Waals surface area contributed by atoms with Crippen LogP contribution in [-0.4, -0.2) is 23.4 Å². The predicted molar refractivity (Wildman–Crippen MR) is 84.6 cm³/mol. The van der Waals surface area contributed by atoms with Crippen LogP contribution in [0.15, 0.2) is 24.3 Å². The molecule has 5 heteroatoms. The first kappa shape index (κ1) is 17.9. The van der Waals surface area contributed by atoms with Crippen molar-refractivity contribution in [3.63, 3.8) is 0 Å². The van der Waals surface area contributed by atoms with Crippen molar-refractivity contribution in [1.82, 2.24) is 4.90 Å². The molecule has 1 aromatic carbocycles. The fraction of sp³-hybridized carbons (Fsp3) is 0.562. The minimum Gasteiger partial charge on any atom is -0.337 e. The monoisotopic (exact) mass is 314 g/mol. The van der Waals surface area contributed by atoms with Crippen molar-refractivity contribution in [2.75, 3.05) is 6.54 Å². The van der Waals surface area contributed by atoms with Gasteiger partial charge in [0.2, 0.25) is 5.91 Å². The second-order valence-electron chi connectivity index (χ2n) is 6.06. The van der Waals surface area contributed by atoms with Gasteiger partial charge in [-0.3, -0.25) is 4.79 Å². The summed E-state index contributed by atoms with van der Waals surface area (Å²) in [4.78, 5) is 14.3. The lowest BCUT2D eigenvalue weighted by molar-refractivity contribution is -0.134. The minimum atomic E-state index is -0.464. The van der Waals surface area contributed by atoms with Crippen molar-refractivity contribution >= 4 is 18.3 Å². The van der Waals surface area contributed by atoms with E-state index < -0.39 is 6.04 Å². The summed E-state index contributed by atoms with van der Waals surface area (Å²) in [6, 6.07) is 5.84. The highest BCUT2D eigenvalue weighted by Crippen LogP contribution is 2.30. The number of hydrogen-bond acceptors (Lipinski definition) is 2. The van der Waals surface area contributed by atoms with Gasteiger partial charge in [-0.15, -0.1) is 12.4 Å². The van der Waals surface area contributed by atoms with E-state index in [4.69, 9.17) is 5.73 Å². The Morgan fingerprint density at radius 2 is 1.90 bits per heavy atom. The van der Waals surface area contributed by atoms with E-state index >= 15 is 0 Å². The molecule has 1 aliphatic rings. The Kier molecular flexibility index (Phi) is 6.62. The average molecular weight is 315 g/mol. The number of halogens is 2. The molecule has 118 valence electrons. The summed E-state index contributed by atoms with van der Waals surface area (Å²) in [5.41, 5.74) is 6.92. The first-order chi connectivity index (χ1) is 9.47. The molecule has 1 saturated carbocycles. The highest BCUT2D eigenvalue weighted by Gasteiger charge is 2.30. The third-order valence-electron chi connectivity index (χ3n) is 3.78. The van der Waals surface area contributed by atoms with Gasteiger partial charge in [0.25, 0.3) is 0 Å². The molecule has 0 unspecified atom stereocenters. The van der Waals surface area contributed by atoms with E-state index in [1.165, 1.54) is 25.0 Å². The van der Waals surface area contributed by atoms with Crippen LogP contribution in [0.2, 0.25) is 0 Å². The number of hydrogen-bond donors (Lipinski definition) is 1. The summed E-state index contributed by atoms with van der Waals surface area (Å²) in [5.74, 6) is 0.472. The van der Waals surface area contributed by atoms with E-state index in [2.05, 4.69) is 0 Å². The fourth-order valence-electron chi connectivity index (χ4n) is 2.15. The molecule has 3 nitrogen and oxygen atoms in total. The van der Waals surface area contributed by atoms with Gasteiger partial charge in [-0.05, 0) is 42.4 Å². The maximum Gasteiger partial charge on any atom is 0.240 e. The second kappa shape index (κ2) is 7.76. The Hall–Kier alpha value is -1.13. The lowest BCUT2D eigenvalue weighted by atomic mass is 10.0. The lowest BCUT2D eigenvalue weighted by Crippen LogP contribution is -2.46. The number of benzene rings is 1. The number of rotatable bonds is 6. The molecule has 0 aliphatic heterocycles. The highest BCUT2D eigenvalue weighted by molar-refractivity contribution is 5.85. The van der Waals surface area contributed by atoms with Crippen LogP contribution in [-0.2, 0) is 11.3 Å². The molecule has 1 amide bonds. The predicted octanol–water partition coefficient (Wildman–Crippen LogP) is 2.97. The standard InChI is InChI=1S/C16H23FN2O.ClH/c1-11(2)15(18)16(20)19(9-12-3-4-12)10-13-5-7-14(17)8-6-13;/h5-8,11-12,15H,3-4,9-10,18H2,1-2H3;1H/t15-;/m0./s1. The third kappa shape index (κ3) is 5.29. The van der Waals surface area contributed by atoms with Crippen molar-refractivity contribution in [1.29, 1.82) is 0 Å². The van der Waals surface area contributed by atoms with E-state index in [0.29, 0.717) is 12.5 Å². The van der Waals surface area contributed by atoms with Crippen molar-refractivity contribution in [3.8, 4) is 0 Å². The summed E-state index contributed by atoms with van der Waals surface area (Å²) in [5, 5.41) is 0. The molecular formula is C16H24ClFN2O. The Labute approximate surface area is 132 Å². The fourth-order valence-corrected chi connectivity index (χ4v) is 2.15. The summed E-state index contributed by atoms with van der Waals surface area (Å²) >= 11 is 0. The van der Waals surface area contributed by atoms with Crippen LogP contribution in [0, 0.1) is 17.7 Å². The molecule has 1 atom stereocenters. The first-order valence-corrected chi connectivity index (χ1v) is 7.26. The molecule has 0 saturated heterocycles. The van der Waals surface area contributed by atoms with Gasteiger partial charge in [0.05, 0.1) is 6.04 Å². The van der Waals surface area contributed by atoms with Crippen molar-refractivity contribution in [2.45, 2.75) is 39.3 Å². The summed E-state index contributed by atoms with van der Waals surface area (Å²) < 4.78 is 12.9. The molecule has 0 radical (unpaired) electrons. The van der Waals surface area contributed by atoms with Crippen molar-refractivity contribution in [3.05, 3.63) is 35.6 Å². The Morgan fingerprint density at radius 3 is 2.38 bits per heavy atom. The number of nitrogens with zero attached hydrogens (tertiary/aromatic N) is 1. The van der Waals surface area contributed by atoms with Gasteiger partial charge in [-0.25, -0.2) is 4.39 Å². The van der Waals surface area contributed by atoms with Crippen LogP contribution in [0.4, 0.5) is 4.39 Å². The maximum atomic E-state index is 12.9. The topological polar surface area (TPSA) is 46.3 Å². The molecule has 0 heterocycles. The summed E-state index contributed by atoms with van der Waals surface area (Å²) in [7, 11) is 0. The summed E-state index contributed by atoms with van der Waals surface area (Å²) in [6.07, 6.45) is 2.37. The van der Waals surface area contributed by atoms with Crippen LogP contribution in [0.5, 0.6) is 0 Å². The molecule has 2 N–H and O–H groups in total. The molecule has 1 fully saturated rings. The number of nitrogens with two attached hydrogens (primary N) is 1. The van der Waals surface area contributed by atoms with Gasteiger partial charge in [0.1, 0.15) is 5.82 Å². The molecule has 1 aromatic rings. The zero-order chi connectivity index (χ0) is 14.7. The van der Waals surface area contributed by atoms with E-state index in [9.17, 15) is 9.18 Å². The quantitative estimate of drug-likeness (QED) is 0.877. The number of carbonyl (C=O) groups is 1. The zero-order valence-electron chi connectivity index (χ0n) is 12.6. The number of carbonyl (C=O) groups excluding carboxylic acids is 1. The van der Waals surface area contributed by atoms with Gasteiger partial charge >= 0.3 is 0 Å². The lowest BCUT2D eigenvalue weighted by Gasteiger charge is -2.27. The highest BCUT2D eigenvalue weighted by atomic mass is 35.5. The second-order valence-corrected chi connectivity index (χ2v) is 6.06. The van der Waals surface area contributed by atoms with Crippen LogP contribution in [0.3, 0.4) is 0 Å². The molecule has 0 aromatic heterocycles. The normalized spacial score (nSPS) is 15.5. The van der Waals surface area contributed by atoms with Crippen LogP contribution in [0.1, 0.15) is 32.3 Å². The van der Waals surface area contributed by atoms with Crippen molar-refractivity contribution < 1.29 is 9.18 Å². The van der Waals surface area contributed by atoms with E-state index in [1.807, 2.05) is 18.7 Å².